The van der Waals surface area contributed by atoms with Crippen molar-refractivity contribution in [3.05, 3.63) is 22.7 Å². The molecule has 112 valence electrons. The highest BCUT2D eigenvalue weighted by atomic mass is 35.5. The minimum atomic E-state index is -0.558. The molecule has 0 aromatic heterocycles. The molecule has 0 fully saturated rings. The van der Waals surface area contributed by atoms with Crippen LogP contribution in [0.25, 0.3) is 0 Å². The van der Waals surface area contributed by atoms with E-state index in [1.54, 1.807) is 0 Å². The molecule has 0 saturated heterocycles. The Morgan fingerprint density at radius 2 is 2.15 bits per heavy atom. The minimum absolute atomic E-state index is 0.227. The zero-order valence-corrected chi connectivity index (χ0v) is 12.9. The van der Waals surface area contributed by atoms with Crippen molar-refractivity contribution in [3.8, 4) is 11.5 Å². The van der Waals surface area contributed by atoms with Crippen LogP contribution in [0.2, 0.25) is 5.02 Å². The van der Waals surface area contributed by atoms with E-state index in [0.717, 1.165) is 18.7 Å². The second-order valence-electron chi connectivity index (χ2n) is 4.99. The Morgan fingerprint density at radius 1 is 1.45 bits per heavy atom. The molecule has 0 aliphatic carbocycles. The Morgan fingerprint density at radius 3 is 2.70 bits per heavy atom. The number of primary amides is 1. The standard InChI is InChI=1S/C14H21ClN2O3/c1-9(2)6-17-7-10-4-11(15)14(12(5-10)19-3)20-8-13(16)18/h4-5,9,17H,6-8H2,1-3H3,(H2,16,18)/p+1. The molecule has 0 radical (unpaired) electrons. The van der Waals surface area contributed by atoms with E-state index in [-0.39, 0.29) is 6.61 Å². The summed E-state index contributed by atoms with van der Waals surface area (Å²) in [7, 11) is 1.53. The third-order valence-corrected chi connectivity index (χ3v) is 2.95. The summed E-state index contributed by atoms with van der Waals surface area (Å²) in [6.45, 7) is 5.97. The second kappa shape index (κ2) is 7.97. The highest BCUT2D eigenvalue weighted by Gasteiger charge is 2.13. The first-order chi connectivity index (χ1) is 9.43. The van der Waals surface area contributed by atoms with Crippen LogP contribution < -0.4 is 20.5 Å². The molecule has 4 N–H and O–H groups in total. The molecule has 1 aromatic carbocycles. The molecule has 20 heavy (non-hydrogen) atoms. The van der Waals surface area contributed by atoms with Crippen LogP contribution in [-0.4, -0.2) is 26.2 Å². The fraction of sp³-hybridized carbons (Fsp3) is 0.500. The topological polar surface area (TPSA) is 78.2 Å². The molecule has 0 bridgehead atoms. The van der Waals surface area contributed by atoms with Gasteiger partial charge in [0.15, 0.2) is 18.1 Å². The molecule has 1 aromatic rings. The molecular weight excluding hydrogens is 280 g/mol. The summed E-state index contributed by atoms with van der Waals surface area (Å²) in [5, 5.41) is 2.62. The van der Waals surface area contributed by atoms with Crippen molar-refractivity contribution in [3.63, 3.8) is 0 Å². The number of carbonyl (C=O) groups is 1. The lowest BCUT2D eigenvalue weighted by Crippen LogP contribution is -2.83. The van der Waals surface area contributed by atoms with Crippen LogP contribution in [0.5, 0.6) is 11.5 Å². The first-order valence-electron chi connectivity index (χ1n) is 6.53. The fourth-order valence-corrected chi connectivity index (χ4v) is 2.05. The van der Waals surface area contributed by atoms with E-state index >= 15 is 0 Å². The van der Waals surface area contributed by atoms with E-state index in [9.17, 15) is 4.79 Å². The van der Waals surface area contributed by atoms with Gasteiger partial charge in [0.25, 0.3) is 5.91 Å². The van der Waals surface area contributed by atoms with Gasteiger partial charge in [-0.25, -0.2) is 0 Å². The number of nitrogens with two attached hydrogens (primary N) is 2. The van der Waals surface area contributed by atoms with Gasteiger partial charge in [0.1, 0.15) is 6.54 Å². The van der Waals surface area contributed by atoms with Crippen LogP contribution in [0.3, 0.4) is 0 Å². The van der Waals surface area contributed by atoms with Crippen LogP contribution in [0.4, 0.5) is 0 Å². The average molecular weight is 302 g/mol. The van der Waals surface area contributed by atoms with Crippen molar-refractivity contribution in [1.82, 2.24) is 0 Å². The lowest BCUT2D eigenvalue weighted by atomic mass is 10.1. The van der Waals surface area contributed by atoms with E-state index < -0.39 is 5.91 Å². The smallest absolute Gasteiger partial charge is 0.255 e. The van der Waals surface area contributed by atoms with E-state index in [0.29, 0.717) is 22.4 Å². The predicted octanol–water partition coefficient (Wildman–Crippen LogP) is 0.932. The van der Waals surface area contributed by atoms with E-state index in [1.165, 1.54) is 7.11 Å². The first-order valence-corrected chi connectivity index (χ1v) is 6.91. The van der Waals surface area contributed by atoms with E-state index in [1.807, 2.05) is 12.1 Å². The monoisotopic (exact) mass is 301 g/mol. The van der Waals surface area contributed by atoms with Gasteiger partial charge in [-0.15, -0.1) is 0 Å². The SMILES string of the molecule is COc1cc(C[NH2+]CC(C)C)cc(Cl)c1OCC(N)=O. The molecule has 0 aliphatic rings. The van der Waals surface area contributed by atoms with Gasteiger partial charge in [-0.3, -0.25) is 4.79 Å². The number of quaternary nitrogens is 1. The van der Waals surface area contributed by atoms with Crippen LogP contribution in [0.15, 0.2) is 12.1 Å². The Bertz CT molecular complexity index is 464. The van der Waals surface area contributed by atoms with Crippen LogP contribution in [0.1, 0.15) is 19.4 Å². The lowest BCUT2D eigenvalue weighted by molar-refractivity contribution is -0.675. The third kappa shape index (κ3) is 5.27. The molecule has 0 aliphatic heterocycles. The summed E-state index contributed by atoms with van der Waals surface area (Å²) in [4.78, 5) is 10.8. The summed E-state index contributed by atoms with van der Waals surface area (Å²) >= 11 is 6.17. The van der Waals surface area contributed by atoms with Crippen molar-refractivity contribution in [1.29, 1.82) is 0 Å². The van der Waals surface area contributed by atoms with Crippen molar-refractivity contribution in [2.24, 2.45) is 11.7 Å². The maximum atomic E-state index is 10.8. The summed E-state index contributed by atoms with van der Waals surface area (Å²) in [5.74, 6) is 0.926. The summed E-state index contributed by atoms with van der Waals surface area (Å²) in [6.07, 6.45) is 0. The van der Waals surface area contributed by atoms with Crippen LogP contribution >= 0.6 is 11.6 Å². The maximum absolute atomic E-state index is 10.8. The van der Waals surface area contributed by atoms with Gasteiger partial charge in [-0.1, -0.05) is 25.4 Å². The number of rotatable bonds is 8. The van der Waals surface area contributed by atoms with Crippen molar-refractivity contribution < 1.29 is 19.6 Å². The van der Waals surface area contributed by atoms with Gasteiger partial charge in [0.2, 0.25) is 0 Å². The first kappa shape index (κ1) is 16.6. The molecule has 1 rings (SSSR count). The number of ether oxygens (including phenoxy) is 2. The number of methoxy groups -OCH3 is 1. The number of amides is 1. The highest BCUT2D eigenvalue weighted by Crippen LogP contribution is 2.36. The fourth-order valence-electron chi connectivity index (χ4n) is 1.76. The molecule has 0 atom stereocenters. The lowest BCUT2D eigenvalue weighted by Gasteiger charge is -2.13. The Hall–Kier alpha value is -1.46. The van der Waals surface area contributed by atoms with Crippen molar-refractivity contribution in [2.75, 3.05) is 20.3 Å². The molecule has 0 unspecified atom stereocenters. The van der Waals surface area contributed by atoms with Crippen LogP contribution in [-0.2, 0) is 11.3 Å². The number of hydrogen-bond donors (Lipinski definition) is 2. The van der Waals surface area contributed by atoms with Gasteiger partial charge in [-0.2, -0.15) is 0 Å². The number of halogens is 1. The predicted molar refractivity (Wildman–Crippen MR) is 78.0 cm³/mol. The summed E-state index contributed by atoms with van der Waals surface area (Å²) < 4.78 is 10.5. The van der Waals surface area contributed by atoms with Crippen molar-refractivity contribution in [2.45, 2.75) is 20.4 Å². The van der Waals surface area contributed by atoms with Gasteiger partial charge >= 0.3 is 0 Å². The molecule has 6 heteroatoms. The molecule has 1 amide bonds. The summed E-state index contributed by atoms with van der Waals surface area (Å²) in [6, 6.07) is 3.68. The van der Waals surface area contributed by atoms with Gasteiger partial charge in [0, 0.05) is 11.5 Å². The maximum Gasteiger partial charge on any atom is 0.255 e. The summed E-state index contributed by atoms with van der Waals surface area (Å²) in [5.41, 5.74) is 6.09. The largest absolute Gasteiger partial charge is 0.493 e. The van der Waals surface area contributed by atoms with Crippen LogP contribution in [0, 0.1) is 5.92 Å². The zero-order valence-electron chi connectivity index (χ0n) is 12.1. The zero-order chi connectivity index (χ0) is 15.1. The molecular formula is C14H22ClN2O3+. The van der Waals surface area contributed by atoms with E-state index in [4.69, 9.17) is 26.8 Å². The van der Waals surface area contributed by atoms with E-state index in [2.05, 4.69) is 19.2 Å². The quantitative estimate of drug-likeness (QED) is 0.750. The Balaban J connectivity index is 2.81. The second-order valence-corrected chi connectivity index (χ2v) is 5.39. The number of hydrogen-bond acceptors (Lipinski definition) is 3. The normalized spacial score (nSPS) is 10.7. The molecule has 0 heterocycles. The van der Waals surface area contributed by atoms with Crippen molar-refractivity contribution >= 4 is 17.5 Å². The van der Waals surface area contributed by atoms with Gasteiger partial charge < -0.3 is 20.5 Å². The number of carbonyl (C=O) groups excluding carboxylic acids is 1. The molecule has 5 nitrogen and oxygen atoms in total. The highest BCUT2D eigenvalue weighted by molar-refractivity contribution is 6.32. The third-order valence-electron chi connectivity index (χ3n) is 2.67. The molecule has 0 saturated carbocycles. The Labute approximate surface area is 124 Å². The minimum Gasteiger partial charge on any atom is -0.493 e. The Kier molecular flexibility index (Phi) is 6.61. The van der Waals surface area contributed by atoms with Gasteiger partial charge in [-0.05, 0) is 12.1 Å². The average Bonchev–Trinajstić information content (AvgIpc) is 2.36. The molecule has 0 spiro atoms. The number of benzene rings is 1. The van der Waals surface area contributed by atoms with Gasteiger partial charge in [0.05, 0.1) is 18.7 Å².